The van der Waals surface area contributed by atoms with Gasteiger partial charge in [0.15, 0.2) is 0 Å². The first kappa shape index (κ1) is 12.5. The molecular formula is C10H13BrN2OS. The Kier molecular flexibility index (Phi) is 4.16. The van der Waals surface area contributed by atoms with Crippen LogP contribution in [0.25, 0.3) is 0 Å². The van der Waals surface area contributed by atoms with Crippen molar-refractivity contribution < 1.29 is 4.21 Å². The summed E-state index contributed by atoms with van der Waals surface area (Å²) in [5, 5.41) is 0. The molecule has 15 heavy (non-hydrogen) atoms. The first-order valence-electron chi connectivity index (χ1n) is 4.47. The van der Waals surface area contributed by atoms with E-state index < -0.39 is 11.0 Å². The van der Waals surface area contributed by atoms with Gasteiger partial charge in [-0.15, -0.1) is 0 Å². The third-order valence-corrected chi connectivity index (χ3v) is 3.37. The summed E-state index contributed by atoms with van der Waals surface area (Å²) >= 11 is 3.29. The van der Waals surface area contributed by atoms with Gasteiger partial charge in [0.25, 0.3) is 0 Å². The van der Waals surface area contributed by atoms with Crippen molar-refractivity contribution in [2.45, 2.75) is 25.5 Å². The predicted molar refractivity (Wildman–Crippen MR) is 67.4 cm³/mol. The molecule has 0 saturated carbocycles. The van der Waals surface area contributed by atoms with Gasteiger partial charge in [0.1, 0.15) is 11.0 Å². The van der Waals surface area contributed by atoms with Crippen LogP contribution in [-0.4, -0.2) is 20.2 Å². The standard InChI is InChI=1S/C10H13BrN2OS/c1-10(2,3)15(14)13-7-9-5-4-8(11)6-12-9/h4-7H,1-3H3/t15-/m1/s1. The summed E-state index contributed by atoms with van der Waals surface area (Å²) in [6.07, 6.45) is 3.22. The molecule has 0 radical (unpaired) electrons. The lowest BCUT2D eigenvalue weighted by Crippen LogP contribution is -2.19. The van der Waals surface area contributed by atoms with Gasteiger partial charge in [-0.25, -0.2) is 4.21 Å². The smallest absolute Gasteiger partial charge is 0.144 e. The van der Waals surface area contributed by atoms with Gasteiger partial charge in [-0.05, 0) is 48.8 Å². The van der Waals surface area contributed by atoms with Crippen LogP contribution in [0.4, 0.5) is 0 Å². The van der Waals surface area contributed by atoms with E-state index in [4.69, 9.17) is 0 Å². The lowest BCUT2D eigenvalue weighted by molar-refractivity contribution is 0.651. The largest absolute Gasteiger partial charge is 0.254 e. The molecule has 0 aromatic carbocycles. The van der Waals surface area contributed by atoms with Gasteiger partial charge in [0.05, 0.1) is 16.7 Å². The Labute approximate surface area is 101 Å². The highest BCUT2D eigenvalue weighted by Crippen LogP contribution is 2.12. The third-order valence-electron chi connectivity index (χ3n) is 1.55. The molecule has 82 valence electrons. The molecule has 0 spiro atoms. The van der Waals surface area contributed by atoms with E-state index in [1.54, 1.807) is 6.20 Å². The first-order chi connectivity index (χ1) is 6.89. The molecule has 0 N–H and O–H groups in total. The fourth-order valence-corrected chi connectivity index (χ4v) is 1.48. The van der Waals surface area contributed by atoms with Gasteiger partial charge in [0, 0.05) is 10.7 Å². The van der Waals surface area contributed by atoms with Crippen molar-refractivity contribution in [3.8, 4) is 0 Å². The fraction of sp³-hybridized carbons (Fsp3) is 0.400. The van der Waals surface area contributed by atoms with Gasteiger partial charge < -0.3 is 0 Å². The molecule has 0 aliphatic heterocycles. The Bertz CT molecular complexity index is 381. The monoisotopic (exact) mass is 288 g/mol. The summed E-state index contributed by atoms with van der Waals surface area (Å²) in [6, 6.07) is 3.68. The second-order valence-corrected chi connectivity index (χ2v) is 6.85. The van der Waals surface area contributed by atoms with Crippen LogP contribution in [0.5, 0.6) is 0 Å². The molecule has 1 aromatic rings. The average molecular weight is 289 g/mol. The summed E-state index contributed by atoms with van der Waals surface area (Å²) in [5.41, 5.74) is 0.704. The molecule has 1 heterocycles. The molecule has 5 heteroatoms. The maximum Gasteiger partial charge on any atom is 0.144 e. The molecule has 0 saturated heterocycles. The molecular weight excluding hydrogens is 276 g/mol. The van der Waals surface area contributed by atoms with E-state index >= 15 is 0 Å². The van der Waals surface area contributed by atoms with Gasteiger partial charge in [0.2, 0.25) is 0 Å². The van der Waals surface area contributed by atoms with Crippen molar-refractivity contribution >= 4 is 33.1 Å². The summed E-state index contributed by atoms with van der Waals surface area (Å²) in [4.78, 5) is 4.10. The lowest BCUT2D eigenvalue weighted by Gasteiger charge is -2.12. The lowest BCUT2D eigenvalue weighted by atomic mass is 10.3. The van der Waals surface area contributed by atoms with Crippen molar-refractivity contribution in [3.63, 3.8) is 0 Å². The highest BCUT2D eigenvalue weighted by atomic mass is 79.9. The summed E-state index contributed by atoms with van der Waals surface area (Å²) in [7, 11) is -1.23. The van der Waals surface area contributed by atoms with E-state index in [1.807, 2.05) is 32.9 Å². The minimum atomic E-state index is -1.23. The van der Waals surface area contributed by atoms with E-state index in [1.165, 1.54) is 6.21 Å². The van der Waals surface area contributed by atoms with Crippen molar-refractivity contribution in [2.24, 2.45) is 4.40 Å². The van der Waals surface area contributed by atoms with Gasteiger partial charge in [-0.1, -0.05) is 0 Å². The van der Waals surface area contributed by atoms with E-state index in [9.17, 15) is 4.21 Å². The molecule has 0 unspecified atom stereocenters. The highest BCUT2D eigenvalue weighted by molar-refractivity contribution is 9.10. The van der Waals surface area contributed by atoms with E-state index in [-0.39, 0.29) is 4.75 Å². The van der Waals surface area contributed by atoms with Crippen molar-refractivity contribution in [2.75, 3.05) is 0 Å². The van der Waals surface area contributed by atoms with Crippen LogP contribution in [-0.2, 0) is 11.0 Å². The summed E-state index contributed by atoms with van der Waals surface area (Å²) < 4.78 is 16.1. The zero-order valence-corrected chi connectivity index (χ0v) is 11.3. The first-order valence-corrected chi connectivity index (χ1v) is 6.37. The van der Waals surface area contributed by atoms with Crippen LogP contribution in [0.3, 0.4) is 0 Å². The predicted octanol–water partition coefficient (Wildman–Crippen LogP) is 2.73. The van der Waals surface area contributed by atoms with Gasteiger partial charge >= 0.3 is 0 Å². The Morgan fingerprint density at radius 2 is 2.13 bits per heavy atom. The van der Waals surface area contributed by atoms with Crippen molar-refractivity contribution in [1.29, 1.82) is 0 Å². The number of pyridine rings is 1. The van der Waals surface area contributed by atoms with E-state index in [0.29, 0.717) is 5.69 Å². The van der Waals surface area contributed by atoms with Crippen LogP contribution >= 0.6 is 15.9 Å². The molecule has 0 aliphatic carbocycles. The zero-order valence-electron chi connectivity index (χ0n) is 8.90. The van der Waals surface area contributed by atoms with Crippen LogP contribution in [0.2, 0.25) is 0 Å². The number of aromatic nitrogens is 1. The van der Waals surface area contributed by atoms with Crippen LogP contribution < -0.4 is 0 Å². The van der Waals surface area contributed by atoms with Crippen LogP contribution in [0, 0.1) is 0 Å². The topological polar surface area (TPSA) is 42.3 Å². The van der Waals surface area contributed by atoms with E-state index in [2.05, 4.69) is 25.3 Å². The number of nitrogens with zero attached hydrogens (tertiary/aromatic N) is 2. The van der Waals surface area contributed by atoms with Crippen LogP contribution in [0.15, 0.2) is 27.2 Å². The quantitative estimate of drug-likeness (QED) is 0.786. The number of hydrogen-bond donors (Lipinski definition) is 0. The maximum atomic E-state index is 11.6. The number of hydrogen-bond acceptors (Lipinski definition) is 2. The Balaban J connectivity index is 2.74. The SMILES string of the molecule is CC(C)(C)[S@@](=O)N=Cc1ccc(Br)cn1. The second-order valence-electron chi connectivity index (χ2n) is 4.00. The van der Waals surface area contributed by atoms with Gasteiger partial charge in [-0.2, -0.15) is 4.40 Å². The molecule has 0 aliphatic rings. The van der Waals surface area contributed by atoms with Crippen molar-refractivity contribution in [1.82, 2.24) is 4.98 Å². The van der Waals surface area contributed by atoms with Crippen molar-refractivity contribution in [3.05, 3.63) is 28.5 Å². The Hall–Kier alpha value is -0.550. The Morgan fingerprint density at radius 1 is 1.47 bits per heavy atom. The molecule has 3 nitrogen and oxygen atoms in total. The minimum absolute atomic E-state index is 0.328. The molecule has 1 aromatic heterocycles. The number of rotatable bonds is 2. The molecule has 0 bridgehead atoms. The molecule has 1 atom stereocenters. The normalized spacial score (nSPS) is 14.4. The summed E-state index contributed by atoms with van der Waals surface area (Å²) in [5.74, 6) is 0. The highest BCUT2D eigenvalue weighted by Gasteiger charge is 2.18. The molecule has 0 fully saturated rings. The second kappa shape index (κ2) is 4.99. The molecule has 0 amide bonds. The Morgan fingerprint density at radius 3 is 2.60 bits per heavy atom. The van der Waals surface area contributed by atoms with Gasteiger partial charge in [-0.3, -0.25) is 4.98 Å². The third kappa shape index (κ3) is 4.22. The fourth-order valence-electron chi connectivity index (χ4n) is 0.724. The zero-order chi connectivity index (χ0) is 11.5. The minimum Gasteiger partial charge on any atom is -0.254 e. The maximum absolute atomic E-state index is 11.6. The number of halogens is 1. The average Bonchev–Trinajstić information content (AvgIpc) is 2.15. The molecule has 1 rings (SSSR count). The summed E-state index contributed by atoms with van der Waals surface area (Å²) in [6.45, 7) is 5.65. The van der Waals surface area contributed by atoms with E-state index in [0.717, 1.165) is 4.47 Å². The van der Waals surface area contributed by atoms with Crippen LogP contribution in [0.1, 0.15) is 26.5 Å².